The van der Waals surface area contributed by atoms with Gasteiger partial charge in [0.05, 0.1) is 41.2 Å². The standard InChI is InChI=1S/C27H22Cl2F3N3O2/c1-14(2)24-19(26(36)34-21-7-8-37-23-6-4-3-5-18(21)23)13-33-35-22(12-20(25(24)35)27(30,31)32)15-9-16(28)11-17(29)10-15/h3-6,9-14,21H,7-8H2,1-2H3,(H,34,36)/t21-/m0/s1. The molecule has 0 saturated carbocycles. The molecule has 10 heteroatoms. The molecule has 0 radical (unpaired) electrons. The molecule has 0 unspecified atom stereocenters. The smallest absolute Gasteiger partial charge is 0.418 e. The van der Waals surface area contributed by atoms with Crippen molar-refractivity contribution in [1.29, 1.82) is 0 Å². The van der Waals surface area contributed by atoms with Crippen molar-refractivity contribution in [3.8, 4) is 17.0 Å². The molecule has 192 valence electrons. The summed E-state index contributed by atoms with van der Waals surface area (Å²) in [4.78, 5) is 13.5. The Morgan fingerprint density at radius 2 is 1.84 bits per heavy atom. The fourth-order valence-corrected chi connectivity index (χ4v) is 5.34. The molecule has 37 heavy (non-hydrogen) atoms. The molecule has 0 spiro atoms. The van der Waals surface area contributed by atoms with E-state index in [9.17, 15) is 18.0 Å². The van der Waals surface area contributed by atoms with Crippen LogP contribution in [0.1, 0.15) is 59.3 Å². The normalized spacial score (nSPS) is 15.5. The van der Waals surface area contributed by atoms with Crippen molar-refractivity contribution in [3.63, 3.8) is 0 Å². The molecule has 1 aliphatic rings. The number of carbonyl (C=O) groups excluding carboxylic acids is 1. The third kappa shape index (κ3) is 4.76. The summed E-state index contributed by atoms with van der Waals surface area (Å²) in [6.07, 6.45) is -2.83. The van der Waals surface area contributed by atoms with Crippen LogP contribution in [0.2, 0.25) is 10.0 Å². The van der Waals surface area contributed by atoms with Crippen LogP contribution < -0.4 is 10.1 Å². The number of nitrogens with zero attached hydrogens (tertiary/aromatic N) is 2. The largest absolute Gasteiger partial charge is 0.493 e. The lowest BCUT2D eigenvalue weighted by molar-refractivity contribution is -0.136. The molecule has 5 rings (SSSR count). The van der Waals surface area contributed by atoms with Gasteiger partial charge in [0.1, 0.15) is 5.75 Å². The van der Waals surface area contributed by atoms with Gasteiger partial charge in [-0.25, -0.2) is 4.52 Å². The summed E-state index contributed by atoms with van der Waals surface area (Å²) in [5, 5.41) is 7.84. The molecule has 1 atom stereocenters. The number of ether oxygens (including phenoxy) is 1. The van der Waals surface area contributed by atoms with Crippen LogP contribution in [0.25, 0.3) is 16.8 Å². The van der Waals surface area contributed by atoms with Crippen molar-refractivity contribution in [2.75, 3.05) is 6.61 Å². The lowest BCUT2D eigenvalue weighted by atomic mass is 9.95. The van der Waals surface area contributed by atoms with E-state index >= 15 is 0 Å². The average Bonchev–Trinajstić information content (AvgIpc) is 3.23. The number of hydrogen-bond donors (Lipinski definition) is 1. The van der Waals surface area contributed by atoms with Crippen LogP contribution >= 0.6 is 23.2 Å². The zero-order valence-electron chi connectivity index (χ0n) is 19.9. The molecule has 1 amide bonds. The number of aromatic nitrogens is 2. The van der Waals surface area contributed by atoms with Gasteiger partial charge in [0, 0.05) is 27.6 Å². The van der Waals surface area contributed by atoms with Crippen LogP contribution in [0.3, 0.4) is 0 Å². The van der Waals surface area contributed by atoms with Gasteiger partial charge in [-0.05, 0) is 41.8 Å². The summed E-state index contributed by atoms with van der Waals surface area (Å²) in [5.41, 5.74) is 0.640. The van der Waals surface area contributed by atoms with Gasteiger partial charge in [0.25, 0.3) is 5.91 Å². The zero-order valence-corrected chi connectivity index (χ0v) is 21.4. The molecule has 2 aromatic heterocycles. The number of alkyl halides is 3. The van der Waals surface area contributed by atoms with E-state index in [1.807, 2.05) is 24.3 Å². The van der Waals surface area contributed by atoms with E-state index in [0.717, 1.165) is 11.6 Å². The Labute approximate surface area is 221 Å². The van der Waals surface area contributed by atoms with Crippen LogP contribution in [-0.4, -0.2) is 22.1 Å². The number of para-hydroxylation sites is 1. The molecule has 0 bridgehead atoms. The maximum absolute atomic E-state index is 14.3. The molecular formula is C27H22Cl2F3N3O2. The Morgan fingerprint density at radius 3 is 2.51 bits per heavy atom. The third-order valence-corrected chi connectivity index (χ3v) is 6.81. The number of hydrogen-bond acceptors (Lipinski definition) is 3. The summed E-state index contributed by atoms with van der Waals surface area (Å²) in [7, 11) is 0. The van der Waals surface area contributed by atoms with E-state index in [1.165, 1.54) is 28.9 Å². The van der Waals surface area contributed by atoms with Crippen molar-refractivity contribution in [2.24, 2.45) is 0 Å². The quantitative estimate of drug-likeness (QED) is 0.284. The fourth-order valence-electron chi connectivity index (χ4n) is 4.81. The Hall–Kier alpha value is -3.23. The minimum atomic E-state index is -4.69. The Balaban J connectivity index is 1.67. The van der Waals surface area contributed by atoms with Gasteiger partial charge in [-0.2, -0.15) is 18.3 Å². The molecule has 5 nitrogen and oxygen atoms in total. The summed E-state index contributed by atoms with van der Waals surface area (Å²) in [5.74, 6) is -0.241. The minimum Gasteiger partial charge on any atom is -0.493 e. The lowest BCUT2D eigenvalue weighted by Gasteiger charge is -2.27. The van der Waals surface area contributed by atoms with Gasteiger partial charge in [-0.3, -0.25) is 4.79 Å². The van der Waals surface area contributed by atoms with Crippen molar-refractivity contribution in [3.05, 3.63) is 87.0 Å². The van der Waals surface area contributed by atoms with Gasteiger partial charge in [-0.1, -0.05) is 55.2 Å². The van der Waals surface area contributed by atoms with Gasteiger partial charge < -0.3 is 10.1 Å². The van der Waals surface area contributed by atoms with Gasteiger partial charge in [0.15, 0.2) is 0 Å². The molecule has 0 fully saturated rings. The molecule has 4 aromatic rings. The van der Waals surface area contributed by atoms with E-state index in [4.69, 9.17) is 27.9 Å². The SMILES string of the molecule is CC(C)c1c(C(=O)N[C@H]2CCOc3ccccc32)cnn2c(-c3cc(Cl)cc(Cl)c3)cc(C(F)(F)F)c12. The Kier molecular flexibility index (Phi) is 6.58. The zero-order chi connectivity index (χ0) is 26.5. The number of halogens is 5. The van der Waals surface area contributed by atoms with E-state index in [0.29, 0.717) is 24.3 Å². The molecule has 1 N–H and O–H groups in total. The van der Waals surface area contributed by atoms with Crippen molar-refractivity contribution >= 4 is 34.6 Å². The molecule has 0 aliphatic carbocycles. The highest BCUT2D eigenvalue weighted by atomic mass is 35.5. The van der Waals surface area contributed by atoms with E-state index in [1.54, 1.807) is 13.8 Å². The highest BCUT2D eigenvalue weighted by molar-refractivity contribution is 6.35. The summed E-state index contributed by atoms with van der Waals surface area (Å²) >= 11 is 12.3. The van der Waals surface area contributed by atoms with E-state index in [2.05, 4.69) is 10.4 Å². The predicted molar refractivity (Wildman–Crippen MR) is 137 cm³/mol. The van der Waals surface area contributed by atoms with Gasteiger partial charge in [-0.15, -0.1) is 0 Å². The van der Waals surface area contributed by atoms with Crippen molar-refractivity contribution in [1.82, 2.24) is 14.9 Å². The maximum Gasteiger partial charge on any atom is 0.418 e. The van der Waals surface area contributed by atoms with E-state index in [-0.39, 0.29) is 38.4 Å². The summed E-state index contributed by atoms with van der Waals surface area (Å²) < 4.78 is 49.8. The first-order chi connectivity index (χ1) is 17.5. The van der Waals surface area contributed by atoms with E-state index < -0.39 is 23.6 Å². The van der Waals surface area contributed by atoms with Gasteiger partial charge in [0.2, 0.25) is 0 Å². The first kappa shape index (κ1) is 25.4. The Bertz CT molecular complexity index is 1490. The topological polar surface area (TPSA) is 55.6 Å². The second-order valence-electron chi connectivity index (χ2n) is 9.19. The molecular weight excluding hydrogens is 526 g/mol. The molecule has 1 aliphatic heterocycles. The average molecular weight is 548 g/mol. The monoisotopic (exact) mass is 547 g/mol. The number of rotatable bonds is 4. The fraction of sp³-hybridized carbons (Fsp3) is 0.259. The molecule has 0 saturated heterocycles. The highest BCUT2D eigenvalue weighted by Crippen LogP contribution is 2.42. The number of benzene rings is 2. The second kappa shape index (κ2) is 9.58. The predicted octanol–water partition coefficient (Wildman–Crippen LogP) is 7.70. The summed E-state index contributed by atoms with van der Waals surface area (Å²) in [6.45, 7) is 3.91. The van der Waals surface area contributed by atoms with Crippen LogP contribution in [0.5, 0.6) is 5.75 Å². The van der Waals surface area contributed by atoms with Crippen LogP contribution in [0.15, 0.2) is 54.7 Å². The molecule has 2 aromatic carbocycles. The lowest BCUT2D eigenvalue weighted by Crippen LogP contribution is -2.33. The number of carbonyl (C=O) groups is 1. The minimum absolute atomic E-state index is 0.0887. The van der Waals surface area contributed by atoms with Gasteiger partial charge >= 0.3 is 6.18 Å². The first-order valence-corrected chi connectivity index (χ1v) is 12.4. The Morgan fingerprint density at radius 1 is 1.14 bits per heavy atom. The third-order valence-electron chi connectivity index (χ3n) is 6.37. The van der Waals surface area contributed by atoms with Crippen molar-refractivity contribution < 1.29 is 22.7 Å². The molecule has 3 heterocycles. The summed E-state index contributed by atoms with van der Waals surface area (Å²) in [6, 6.07) is 12.6. The second-order valence-corrected chi connectivity index (χ2v) is 10.1. The van der Waals surface area contributed by atoms with Crippen molar-refractivity contribution in [2.45, 2.75) is 38.4 Å². The van der Waals surface area contributed by atoms with Crippen LogP contribution in [-0.2, 0) is 6.18 Å². The number of fused-ring (bicyclic) bond motifs is 2. The van der Waals surface area contributed by atoms with Crippen LogP contribution in [0, 0.1) is 0 Å². The van der Waals surface area contributed by atoms with Crippen LogP contribution in [0.4, 0.5) is 13.2 Å². The maximum atomic E-state index is 14.3. The first-order valence-electron chi connectivity index (χ1n) is 11.7. The highest BCUT2D eigenvalue weighted by Gasteiger charge is 2.38. The number of amides is 1. The number of nitrogens with one attached hydrogen (secondary N) is 1.